The molecule has 0 saturated carbocycles. The first-order valence-corrected chi connectivity index (χ1v) is 23.3. The van der Waals surface area contributed by atoms with Crippen LogP contribution in [0.1, 0.15) is 106 Å². The van der Waals surface area contributed by atoms with E-state index in [1.165, 1.54) is 43.5 Å². The number of rotatable bonds is 13. The molecular weight excluding hydrogens is 769 g/mol. The molecule has 0 bridgehead atoms. The fraction of sp³-hybridized carbons (Fsp3) is 0.426. The third-order valence-corrected chi connectivity index (χ3v) is 13.8. The first kappa shape index (κ1) is 45.0. The van der Waals surface area contributed by atoms with E-state index in [0.29, 0.717) is 36.7 Å². The molecule has 0 amide bonds. The third-order valence-electron chi connectivity index (χ3n) is 12.1. The van der Waals surface area contributed by atoms with E-state index in [-0.39, 0.29) is 16.4 Å². The van der Waals surface area contributed by atoms with Gasteiger partial charge in [-0.3, -0.25) is 0 Å². The van der Waals surface area contributed by atoms with E-state index < -0.39 is 31.1 Å². The molecule has 0 radical (unpaired) electrons. The zero-order chi connectivity index (χ0) is 42.8. The molecule has 4 aromatic carbocycles. The summed E-state index contributed by atoms with van der Waals surface area (Å²) in [6.45, 7) is 21.0. The van der Waals surface area contributed by atoms with Crippen LogP contribution in [0.5, 0.6) is 0 Å². The van der Waals surface area contributed by atoms with Crippen LogP contribution in [-0.2, 0) is 31.1 Å². The Hall–Kier alpha value is -4.13. The Kier molecular flexibility index (Phi) is 13.7. The average molecular weight is 828 g/mol. The largest absolute Gasteiger partial charge is 0.744 e. The minimum Gasteiger partial charge on any atom is -0.744 e. The summed E-state index contributed by atoms with van der Waals surface area (Å²) in [5, 5.41) is 13.0. The number of aliphatic hydroxyl groups is 1. The number of allylic oxidation sites excluding steroid dienone is 6. The average Bonchev–Trinajstić information content (AvgIpc) is 3.55. The van der Waals surface area contributed by atoms with E-state index in [4.69, 9.17) is 0 Å². The lowest BCUT2D eigenvalue weighted by Gasteiger charge is -2.26. The van der Waals surface area contributed by atoms with Crippen molar-refractivity contribution in [1.29, 1.82) is 0 Å². The second-order valence-electron chi connectivity index (χ2n) is 16.3. The van der Waals surface area contributed by atoms with Crippen LogP contribution >= 0.6 is 0 Å². The number of aliphatic hydroxyl groups excluding tert-OH is 1. The van der Waals surface area contributed by atoms with Crippen molar-refractivity contribution in [3.8, 4) is 0 Å². The molecule has 2 heterocycles. The molecule has 0 saturated heterocycles. The highest BCUT2D eigenvalue weighted by Gasteiger charge is 2.45. The number of fused-ring (bicyclic) bond motifs is 6. The molecule has 6 rings (SSSR count). The summed E-state index contributed by atoms with van der Waals surface area (Å²) >= 11 is 0. The van der Waals surface area contributed by atoms with Crippen LogP contribution < -0.4 is 4.90 Å². The topological polar surface area (TPSA) is 141 Å². The van der Waals surface area contributed by atoms with Gasteiger partial charge in [0.05, 0.1) is 15.2 Å². The number of hydrogen-bond donors (Lipinski definition) is 1. The maximum Gasteiger partial charge on any atom is 0.210 e. The lowest BCUT2D eigenvalue weighted by Crippen LogP contribution is -2.27. The Labute approximate surface area is 346 Å². The third kappa shape index (κ3) is 8.75. The number of nitrogens with zero attached hydrogens (tertiary/aromatic N) is 2. The molecule has 0 spiro atoms. The number of benzene rings is 4. The van der Waals surface area contributed by atoms with Crippen molar-refractivity contribution in [2.24, 2.45) is 5.92 Å². The van der Waals surface area contributed by atoms with Crippen LogP contribution in [0.3, 0.4) is 0 Å². The highest BCUT2D eigenvalue weighted by molar-refractivity contribution is 7.86. The van der Waals surface area contributed by atoms with E-state index in [0.717, 1.165) is 56.2 Å². The van der Waals surface area contributed by atoms with Gasteiger partial charge in [0.1, 0.15) is 26.8 Å². The van der Waals surface area contributed by atoms with Gasteiger partial charge >= 0.3 is 0 Å². The number of likely N-dealkylation sites (N-methyl/N-ethyl adjacent to an activating group) is 1. The van der Waals surface area contributed by atoms with Gasteiger partial charge < -0.3 is 19.1 Å². The van der Waals surface area contributed by atoms with Gasteiger partial charge in [-0.05, 0) is 122 Å². The van der Waals surface area contributed by atoms with Gasteiger partial charge in [-0.2, -0.15) is 4.58 Å². The van der Waals surface area contributed by atoms with Crippen LogP contribution in [-0.4, -0.2) is 61.0 Å². The first-order chi connectivity index (χ1) is 27.3. The minimum absolute atomic E-state index is 0.0501. The molecule has 58 heavy (non-hydrogen) atoms. The quantitative estimate of drug-likeness (QED) is 0.0798. The number of anilines is 1. The second-order valence-corrected chi connectivity index (χ2v) is 19.0. The summed E-state index contributed by atoms with van der Waals surface area (Å²) in [5.74, 6) is 0.986. The molecule has 11 heteroatoms. The first-order valence-electron chi connectivity index (χ1n) is 20.5. The van der Waals surface area contributed by atoms with Gasteiger partial charge in [-0.25, -0.2) is 16.8 Å². The Morgan fingerprint density at radius 2 is 1.33 bits per heavy atom. The molecule has 0 fully saturated rings. The van der Waals surface area contributed by atoms with Gasteiger partial charge in [-0.1, -0.05) is 84.2 Å². The molecular formula is C47H59N2O7S2-. The van der Waals surface area contributed by atoms with Crippen molar-refractivity contribution in [3.05, 3.63) is 107 Å². The van der Waals surface area contributed by atoms with Crippen molar-refractivity contribution >= 4 is 58.9 Å². The molecule has 2 aliphatic rings. The molecule has 1 N–H and O–H groups in total. The van der Waals surface area contributed by atoms with Crippen molar-refractivity contribution in [3.63, 3.8) is 0 Å². The summed E-state index contributed by atoms with van der Waals surface area (Å²) in [6, 6.07) is 16.8. The second kappa shape index (κ2) is 17.6. The minimum atomic E-state index is -4.58. The molecule has 0 aliphatic carbocycles. The molecule has 2 aliphatic heterocycles. The van der Waals surface area contributed by atoms with Crippen LogP contribution in [0, 0.1) is 5.92 Å². The zero-order valence-electron chi connectivity index (χ0n) is 35.4. The van der Waals surface area contributed by atoms with Gasteiger partial charge in [-0.15, -0.1) is 0 Å². The molecule has 0 atom stereocenters. The van der Waals surface area contributed by atoms with Crippen LogP contribution in [0.15, 0.2) is 106 Å². The van der Waals surface area contributed by atoms with Crippen LogP contribution in [0.4, 0.5) is 11.4 Å². The lowest BCUT2D eigenvalue weighted by atomic mass is 9.79. The molecule has 0 aromatic heterocycles. The van der Waals surface area contributed by atoms with Gasteiger partial charge in [0.25, 0.3) is 0 Å². The van der Waals surface area contributed by atoms with Crippen molar-refractivity contribution in [2.75, 3.05) is 24.6 Å². The van der Waals surface area contributed by atoms with Gasteiger partial charge in [0.15, 0.2) is 5.71 Å². The van der Waals surface area contributed by atoms with Crippen molar-refractivity contribution in [1.82, 2.24) is 0 Å². The summed E-state index contributed by atoms with van der Waals surface area (Å²) < 4.78 is 72.7. The normalized spacial score (nSPS) is 17.2. The van der Waals surface area contributed by atoms with Gasteiger partial charge in [0, 0.05) is 47.7 Å². The fourth-order valence-electron chi connectivity index (χ4n) is 8.88. The maximum atomic E-state index is 11.7. The van der Waals surface area contributed by atoms with Crippen LogP contribution in [0.25, 0.3) is 21.5 Å². The summed E-state index contributed by atoms with van der Waals surface area (Å²) in [7, 11) is -9.17. The SMILES string of the molecule is CCC(CC)CC.CCN1/C(=C/C=C(/C=C/C2=[N+](CC)c3ccc4cc(S(=O)(=O)[O-])ccc4c3C2(C)C)CCCO)C(C)(C)c2c1ccc1cc(S(=O)(=O)[O-])ccc21. The summed E-state index contributed by atoms with van der Waals surface area (Å²) in [5.41, 5.74) is 6.49. The van der Waals surface area contributed by atoms with E-state index in [1.807, 2.05) is 24.3 Å². The van der Waals surface area contributed by atoms with Crippen molar-refractivity contribution in [2.45, 2.75) is 115 Å². The fourth-order valence-corrected chi connectivity index (χ4v) is 9.89. The Morgan fingerprint density at radius 1 is 0.776 bits per heavy atom. The molecule has 4 aromatic rings. The summed E-state index contributed by atoms with van der Waals surface area (Å²) in [4.78, 5) is 1.76. The Balaban J connectivity index is 0.000000839. The van der Waals surface area contributed by atoms with E-state index in [2.05, 4.69) is 96.1 Å². The molecule has 9 nitrogen and oxygen atoms in total. The smallest absolute Gasteiger partial charge is 0.210 e. The van der Waals surface area contributed by atoms with E-state index >= 15 is 0 Å². The Morgan fingerprint density at radius 3 is 1.81 bits per heavy atom. The summed E-state index contributed by atoms with van der Waals surface area (Å²) in [6.07, 6.45) is 13.8. The molecule has 312 valence electrons. The monoisotopic (exact) mass is 827 g/mol. The maximum absolute atomic E-state index is 11.7. The predicted octanol–water partition coefficient (Wildman–Crippen LogP) is 9.99. The molecule has 0 unspecified atom stereocenters. The predicted molar refractivity (Wildman–Crippen MR) is 234 cm³/mol. The van der Waals surface area contributed by atoms with E-state index in [1.54, 1.807) is 12.1 Å². The Bertz CT molecular complexity index is 2540. The van der Waals surface area contributed by atoms with Gasteiger partial charge in [0.2, 0.25) is 5.69 Å². The number of hydrogen-bond acceptors (Lipinski definition) is 8. The highest BCUT2D eigenvalue weighted by Crippen LogP contribution is 2.51. The zero-order valence-corrected chi connectivity index (χ0v) is 37.1. The lowest BCUT2D eigenvalue weighted by molar-refractivity contribution is -0.433. The van der Waals surface area contributed by atoms with E-state index in [9.17, 15) is 31.0 Å². The highest BCUT2D eigenvalue weighted by atomic mass is 32.2. The van der Waals surface area contributed by atoms with Crippen LogP contribution in [0.2, 0.25) is 0 Å². The standard InChI is InChI=1S/C40H44N2O7S2.C7H16/c1-7-41-33-19-13-27-24-29(50(44,45)46)15-17-31(27)37(33)39(3,4)35(41)21-11-26(10-9-23-43)12-22-36-40(5,6)38-32-18-16-30(51(47,48)49)25-28(32)14-20-34(38)42(36)8-2;1-4-7(5-2)6-3/h11-22,24-25,43H,7-10,23H2,1-6H3,(H-,44,45,46,47,48,49);7H,4-6H2,1-3H3/p-1. The van der Waals surface area contributed by atoms with Crippen molar-refractivity contribution < 1.29 is 35.6 Å².